The number of ether oxygens (including phenoxy) is 2. The molecule has 4 rings (SSSR count). The van der Waals surface area contributed by atoms with Crippen LogP contribution in [0.3, 0.4) is 0 Å². The van der Waals surface area contributed by atoms with Crippen molar-refractivity contribution in [1.82, 2.24) is 0 Å². The summed E-state index contributed by atoms with van der Waals surface area (Å²) >= 11 is 0. The van der Waals surface area contributed by atoms with Gasteiger partial charge in [0.25, 0.3) is 0 Å². The van der Waals surface area contributed by atoms with Crippen LogP contribution < -0.4 is 33.6 Å². The zero-order valence-electron chi connectivity index (χ0n) is 18.0. The molecule has 0 aliphatic carbocycles. The van der Waals surface area contributed by atoms with E-state index in [-0.39, 0.29) is 33.0 Å². The van der Waals surface area contributed by atoms with Crippen molar-refractivity contribution in [3.8, 4) is 11.5 Å². The van der Waals surface area contributed by atoms with Crippen molar-refractivity contribution in [2.75, 3.05) is 0 Å². The Kier molecular flexibility index (Phi) is 9.14. The largest absolute Gasteiger partial charge is 1.00 e. The van der Waals surface area contributed by atoms with E-state index in [1.807, 2.05) is 109 Å². The zero-order valence-corrected chi connectivity index (χ0v) is 19.0. The Balaban J connectivity index is 0.00000289. The molecule has 154 valence electrons. The van der Waals surface area contributed by atoms with Crippen LogP contribution in [0.5, 0.6) is 11.5 Å². The number of benzene rings is 4. The number of hydrogen-bond donors (Lipinski definition) is 0. The second-order valence-corrected chi connectivity index (χ2v) is 8.26. The Morgan fingerprint density at radius 1 is 0.594 bits per heavy atom. The van der Waals surface area contributed by atoms with Gasteiger partial charge in [-0.05, 0) is 38.2 Å². The van der Waals surface area contributed by atoms with Gasteiger partial charge in [-0.25, -0.2) is 0 Å². The molecule has 0 saturated heterocycles. The fourth-order valence-electron chi connectivity index (χ4n) is 3.26. The number of para-hydroxylation sites is 2. The topological polar surface area (TPSA) is 35.5 Å². The molecule has 0 heterocycles. The molecule has 0 fully saturated rings. The van der Waals surface area contributed by atoms with Crippen LogP contribution in [0.1, 0.15) is 21.5 Å². The summed E-state index contributed by atoms with van der Waals surface area (Å²) in [5.41, 5.74) is 2.51. The molecule has 0 bridgehead atoms. The number of rotatable bonds is 9. The predicted octanol–water partition coefficient (Wildman–Crippen LogP) is 2.99. The normalized spacial score (nSPS) is 10.5. The van der Waals surface area contributed by atoms with E-state index >= 15 is 0 Å². The second kappa shape index (κ2) is 12.3. The summed E-state index contributed by atoms with van der Waals surface area (Å²) < 4.78 is 11.9. The SMILES string of the molecule is O=C(Pc1ccccc1)c1c(COc2ccccc2)cccc1COc1ccccc1.[Li+]. The summed E-state index contributed by atoms with van der Waals surface area (Å²) in [5, 5.41) is 1.02. The second-order valence-electron chi connectivity index (χ2n) is 6.97. The van der Waals surface area contributed by atoms with E-state index in [1.54, 1.807) is 0 Å². The maximum atomic E-state index is 13.4. The molecule has 0 aliphatic rings. The van der Waals surface area contributed by atoms with Crippen molar-refractivity contribution < 1.29 is 33.1 Å². The molecule has 4 aromatic rings. The molecule has 0 aromatic heterocycles. The minimum atomic E-state index is 0. The van der Waals surface area contributed by atoms with Crippen LogP contribution in [0.2, 0.25) is 0 Å². The number of carbonyl (C=O) groups excluding carboxylic acids is 1. The van der Waals surface area contributed by atoms with Gasteiger partial charge in [0.1, 0.15) is 24.7 Å². The van der Waals surface area contributed by atoms with E-state index in [1.165, 1.54) is 0 Å². The van der Waals surface area contributed by atoms with E-state index in [2.05, 4.69) is 0 Å². The quantitative estimate of drug-likeness (QED) is 0.301. The van der Waals surface area contributed by atoms with Gasteiger partial charge < -0.3 is 9.47 Å². The first-order valence-corrected chi connectivity index (χ1v) is 11.1. The Labute approximate surface area is 202 Å². The first-order chi connectivity index (χ1) is 15.3. The minimum Gasteiger partial charge on any atom is -0.489 e. The molecule has 1 atom stereocenters. The van der Waals surface area contributed by atoms with Gasteiger partial charge in [0.15, 0.2) is 5.52 Å². The molecular weight excluding hydrogens is 410 g/mol. The third kappa shape index (κ3) is 6.59. The van der Waals surface area contributed by atoms with Gasteiger partial charge in [-0.1, -0.05) is 84.9 Å². The summed E-state index contributed by atoms with van der Waals surface area (Å²) in [6, 6.07) is 35.0. The smallest absolute Gasteiger partial charge is 0.489 e. The zero-order chi connectivity index (χ0) is 21.3. The van der Waals surface area contributed by atoms with Gasteiger partial charge in [0.05, 0.1) is 0 Å². The van der Waals surface area contributed by atoms with Crippen LogP contribution in [0.25, 0.3) is 0 Å². The Morgan fingerprint density at radius 2 is 1.03 bits per heavy atom. The monoisotopic (exact) mass is 433 g/mol. The fraction of sp³-hybridized carbons (Fsp3) is 0.0741. The molecular formula is C27H23LiO3P+. The van der Waals surface area contributed by atoms with Crippen LogP contribution in [0.15, 0.2) is 109 Å². The molecule has 0 N–H and O–H groups in total. The number of hydrogen-bond acceptors (Lipinski definition) is 3. The van der Waals surface area contributed by atoms with Crippen molar-refractivity contribution in [3.63, 3.8) is 0 Å². The first-order valence-electron chi connectivity index (χ1n) is 10.1. The third-order valence-electron chi connectivity index (χ3n) is 4.77. The molecule has 0 amide bonds. The number of carbonyl (C=O) groups is 1. The van der Waals surface area contributed by atoms with Crippen molar-refractivity contribution in [1.29, 1.82) is 0 Å². The molecule has 3 nitrogen and oxygen atoms in total. The summed E-state index contributed by atoms with van der Waals surface area (Å²) in [6.07, 6.45) is 0. The van der Waals surface area contributed by atoms with Gasteiger partial charge >= 0.3 is 18.9 Å². The van der Waals surface area contributed by atoms with Crippen LogP contribution in [0, 0.1) is 0 Å². The Hall–Kier alpha value is -2.82. The third-order valence-corrected chi connectivity index (χ3v) is 5.87. The van der Waals surface area contributed by atoms with Crippen LogP contribution >= 0.6 is 8.58 Å². The minimum absolute atomic E-state index is 0. The molecule has 4 aromatic carbocycles. The molecule has 5 heteroatoms. The molecule has 0 radical (unpaired) electrons. The van der Waals surface area contributed by atoms with Gasteiger partial charge in [0.2, 0.25) is 0 Å². The van der Waals surface area contributed by atoms with Crippen molar-refractivity contribution in [2.24, 2.45) is 0 Å². The predicted molar refractivity (Wildman–Crippen MR) is 127 cm³/mol. The molecule has 1 unspecified atom stereocenters. The van der Waals surface area contributed by atoms with E-state index in [9.17, 15) is 4.79 Å². The van der Waals surface area contributed by atoms with Gasteiger partial charge in [-0.2, -0.15) is 0 Å². The van der Waals surface area contributed by atoms with Crippen LogP contribution in [-0.2, 0) is 13.2 Å². The van der Waals surface area contributed by atoms with E-state index in [0.717, 1.165) is 27.9 Å². The molecule has 0 aliphatic heterocycles. The van der Waals surface area contributed by atoms with Crippen molar-refractivity contribution in [2.45, 2.75) is 13.2 Å². The maximum Gasteiger partial charge on any atom is 1.00 e. The van der Waals surface area contributed by atoms with Gasteiger partial charge in [-0.15, -0.1) is 0 Å². The van der Waals surface area contributed by atoms with E-state index in [0.29, 0.717) is 18.8 Å². The average molecular weight is 433 g/mol. The van der Waals surface area contributed by atoms with E-state index < -0.39 is 0 Å². The Morgan fingerprint density at radius 3 is 1.50 bits per heavy atom. The van der Waals surface area contributed by atoms with Gasteiger partial charge in [0, 0.05) is 16.7 Å². The van der Waals surface area contributed by atoms with E-state index in [4.69, 9.17) is 9.47 Å². The van der Waals surface area contributed by atoms with Crippen molar-refractivity contribution >= 4 is 19.4 Å². The summed E-state index contributed by atoms with van der Waals surface area (Å²) in [5.74, 6) is 1.55. The standard InChI is InChI=1S/C27H23O3P.Li/c28-27(31-25-17-8-3-9-18-25)26-21(19-29-23-13-4-1-5-14-23)11-10-12-22(26)20-30-24-15-6-2-7-16-24;/h1-18,31H,19-20H2;/q;+1. The first kappa shape index (κ1) is 23.8. The molecule has 0 saturated carbocycles. The summed E-state index contributed by atoms with van der Waals surface area (Å²) in [4.78, 5) is 13.4. The Bertz CT molecular complexity index is 1060. The van der Waals surface area contributed by atoms with Crippen molar-refractivity contribution in [3.05, 3.63) is 126 Å². The fourth-order valence-corrected chi connectivity index (χ4v) is 4.32. The van der Waals surface area contributed by atoms with Crippen LogP contribution in [0.4, 0.5) is 0 Å². The van der Waals surface area contributed by atoms with Crippen LogP contribution in [-0.4, -0.2) is 5.52 Å². The average Bonchev–Trinajstić information content (AvgIpc) is 2.83. The molecule has 32 heavy (non-hydrogen) atoms. The summed E-state index contributed by atoms with van der Waals surface area (Å²) in [7, 11) is 0.0404. The maximum absolute atomic E-state index is 13.4. The molecule has 0 spiro atoms. The summed E-state index contributed by atoms with van der Waals surface area (Å²) in [6.45, 7) is 0.646. The van der Waals surface area contributed by atoms with Gasteiger partial charge in [-0.3, -0.25) is 4.79 Å².